The molecule has 2 heterocycles. The lowest BCUT2D eigenvalue weighted by Crippen LogP contribution is -2.40. The van der Waals surface area contributed by atoms with Crippen LogP contribution in [0.4, 0.5) is 10.2 Å². The fourth-order valence-corrected chi connectivity index (χ4v) is 3.03. The minimum atomic E-state index is -0.489. The van der Waals surface area contributed by atoms with Gasteiger partial charge in [0.05, 0.1) is 0 Å². The van der Waals surface area contributed by atoms with Crippen LogP contribution in [-0.2, 0) is 0 Å². The van der Waals surface area contributed by atoms with Gasteiger partial charge in [0.1, 0.15) is 4.34 Å². The molecule has 1 saturated heterocycles. The Morgan fingerprint density at radius 3 is 2.79 bits per heavy atom. The molecule has 1 aromatic rings. The first-order chi connectivity index (χ1) is 9.15. The molecular formula is C12H20ClFN4S. The van der Waals surface area contributed by atoms with Gasteiger partial charge in [-0.1, -0.05) is 22.9 Å². The lowest BCUT2D eigenvalue weighted by atomic mass is 10.1. The summed E-state index contributed by atoms with van der Waals surface area (Å²) in [6.45, 7) is 4.10. The summed E-state index contributed by atoms with van der Waals surface area (Å²) in [5.74, 6) is 0.466. The van der Waals surface area contributed by atoms with Gasteiger partial charge in [0, 0.05) is 12.6 Å². The molecule has 0 amide bonds. The number of nitrogens with zero attached hydrogens (tertiary/aromatic N) is 2. The third-order valence-electron chi connectivity index (χ3n) is 3.39. The number of hydrogen-bond acceptors (Lipinski definition) is 5. The van der Waals surface area contributed by atoms with Crippen molar-refractivity contribution in [3.8, 4) is 0 Å². The van der Waals surface area contributed by atoms with E-state index in [0.717, 1.165) is 63.2 Å². The molecule has 0 saturated carbocycles. The van der Waals surface area contributed by atoms with Crippen LogP contribution in [0, 0.1) is 5.26 Å². The lowest BCUT2D eigenvalue weighted by Gasteiger charge is -2.29. The zero-order valence-electron chi connectivity index (χ0n) is 10.9. The minimum Gasteiger partial charge on any atom is -0.368 e. The van der Waals surface area contributed by atoms with Crippen molar-refractivity contribution in [1.82, 2.24) is 9.88 Å². The monoisotopic (exact) mass is 306 g/mol. The first-order valence-corrected chi connectivity index (χ1v) is 7.88. The Morgan fingerprint density at radius 1 is 1.42 bits per heavy atom. The minimum absolute atomic E-state index is 0.389. The maximum Gasteiger partial charge on any atom is 0.272 e. The zero-order valence-corrected chi connectivity index (χ0v) is 12.4. The largest absolute Gasteiger partial charge is 0.368 e. The van der Waals surface area contributed by atoms with E-state index in [1.165, 1.54) is 0 Å². The zero-order chi connectivity index (χ0) is 13.7. The van der Waals surface area contributed by atoms with E-state index in [1.807, 2.05) is 0 Å². The molecule has 2 rings (SSSR count). The van der Waals surface area contributed by atoms with Gasteiger partial charge in [-0.15, -0.1) is 0 Å². The predicted octanol–water partition coefficient (Wildman–Crippen LogP) is 2.55. The van der Waals surface area contributed by atoms with Crippen molar-refractivity contribution >= 4 is 28.8 Å². The number of nitrogens with one attached hydrogen (secondary N) is 1. The normalized spacial score (nSPS) is 17.8. The number of likely N-dealkylation sites (tertiary alicyclic amines) is 1. The molecule has 3 N–H and O–H groups in total. The molecule has 0 atom stereocenters. The van der Waals surface area contributed by atoms with Crippen LogP contribution in [0.2, 0.25) is 4.34 Å². The smallest absolute Gasteiger partial charge is 0.272 e. The van der Waals surface area contributed by atoms with Crippen LogP contribution in [0.5, 0.6) is 0 Å². The number of rotatable bonds is 6. The summed E-state index contributed by atoms with van der Waals surface area (Å²) >= 11 is 6.69. The van der Waals surface area contributed by atoms with E-state index in [1.54, 1.807) is 0 Å². The van der Waals surface area contributed by atoms with E-state index in [2.05, 4.69) is 15.2 Å². The van der Waals surface area contributed by atoms with Crippen LogP contribution in [-0.4, -0.2) is 42.1 Å². The average molecular weight is 307 g/mol. The van der Waals surface area contributed by atoms with E-state index in [4.69, 9.17) is 17.3 Å². The van der Waals surface area contributed by atoms with Gasteiger partial charge >= 0.3 is 0 Å². The molecule has 0 radical (unpaired) electrons. The Kier molecular flexibility index (Phi) is 5.81. The van der Waals surface area contributed by atoms with Crippen molar-refractivity contribution in [1.29, 1.82) is 0 Å². The number of anilines is 1. The summed E-state index contributed by atoms with van der Waals surface area (Å²) < 4.78 is 13.2. The number of hydrogen-bond donors (Lipinski definition) is 2. The Balaban J connectivity index is 1.56. The van der Waals surface area contributed by atoms with Crippen molar-refractivity contribution in [2.75, 3.05) is 31.5 Å². The first kappa shape index (κ1) is 15.0. The molecule has 7 heteroatoms. The second-order valence-electron chi connectivity index (χ2n) is 4.90. The van der Waals surface area contributed by atoms with Crippen LogP contribution in [0.25, 0.3) is 0 Å². The van der Waals surface area contributed by atoms with E-state index in [0.29, 0.717) is 16.2 Å². The van der Waals surface area contributed by atoms with Crippen molar-refractivity contribution in [2.24, 2.45) is 5.73 Å². The van der Waals surface area contributed by atoms with Crippen LogP contribution < -0.4 is 11.1 Å². The summed E-state index contributed by atoms with van der Waals surface area (Å²) in [5, 5.41) is 2.58. The Bertz CT molecular complexity index is 393. The number of thiazole rings is 1. The summed E-state index contributed by atoms with van der Waals surface area (Å²) in [4.78, 5) is 6.15. The summed E-state index contributed by atoms with van der Waals surface area (Å²) in [6.07, 6.45) is 4.35. The van der Waals surface area contributed by atoms with Gasteiger partial charge in [0.25, 0.3) is 5.26 Å². The maximum atomic E-state index is 12.8. The van der Waals surface area contributed by atoms with Crippen molar-refractivity contribution in [3.05, 3.63) is 9.60 Å². The second-order valence-corrected chi connectivity index (χ2v) is 6.45. The van der Waals surface area contributed by atoms with Gasteiger partial charge in [-0.05, 0) is 45.3 Å². The topological polar surface area (TPSA) is 54.2 Å². The molecule has 0 unspecified atom stereocenters. The molecule has 4 nitrogen and oxygen atoms in total. The highest BCUT2D eigenvalue weighted by Gasteiger charge is 2.15. The van der Waals surface area contributed by atoms with Crippen molar-refractivity contribution in [2.45, 2.75) is 31.7 Å². The molecule has 19 heavy (non-hydrogen) atoms. The first-order valence-electron chi connectivity index (χ1n) is 6.69. The van der Waals surface area contributed by atoms with E-state index in [-0.39, 0.29) is 0 Å². The Morgan fingerprint density at radius 2 is 2.16 bits per heavy atom. The molecule has 108 valence electrons. The van der Waals surface area contributed by atoms with E-state index >= 15 is 0 Å². The molecule has 0 aliphatic carbocycles. The van der Waals surface area contributed by atoms with Gasteiger partial charge in [-0.3, -0.25) is 0 Å². The lowest BCUT2D eigenvalue weighted by molar-refractivity contribution is 0.210. The summed E-state index contributed by atoms with van der Waals surface area (Å²) in [7, 11) is 0. The highest BCUT2D eigenvalue weighted by atomic mass is 35.5. The predicted molar refractivity (Wildman–Crippen MR) is 78.5 cm³/mol. The Hall–Kier alpha value is -0.430. The summed E-state index contributed by atoms with van der Waals surface area (Å²) in [6, 6.07) is 0.389. The van der Waals surface area contributed by atoms with Gasteiger partial charge < -0.3 is 16.0 Å². The van der Waals surface area contributed by atoms with Gasteiger partial charge in [0.2, 0.25) is 0 Å². The number of aromatic nitrogens is 1. The number of nitrogens with two attached hydrogens (primary N) is 1. The SMILES string of the molecule is NC1CCN(CCCCNc2nc(F)sc2Cl)CC1. The van der Waals surface area contributed by atoms with Crippen molar-refractivity contribution in [3.63, 3.8) is 0 Å². The average Bonchev–Trinajstić information content (AvgIpc) is 2.70. The molecule has 1 aromatic heterocycles. The van der Waals surface area contributed by atoms with Crippen LogP contribution >= 0.6 is 22.9 Å². The standard InChI is InChI=1S/C12H20ClFN4S/c13-10-11(17-12(14)19-10)16-5-1-2-6-18-7-3-9(15)4-8-18/h9,16H,1-8,15H2. The van der Waals surface area contributed by atoms with Gasteiger partial charge in [0.15, 0.2) is 5.82 Å². The third kappa shape index (κ3) is 4.87. The van der Waals surface area contributed by atoms with Crippen LogP contribution in [0.3, 0.4) is 0 Å². The number of halogens is 2. The molecule has 1 fully saturated rings. The molecular weight excluding hydrogens is 287 g/mol. The second kappa shape index (κ2) is 7.38. The van der Waals surface area contributed by atoms with Crippen LogP contribution in [0.1, 0.15) is 25.7 Å². The number of piperidine rings is 1. The fourth-order valence-electron chi connectivity index (χ4n) is 2.23. The highest BCUT2D eigenvalue weighted by Crippen LogP contribution is 2.27. The summed E-state index contributed by atoms with van der Waals surface area (Å²) in [5.41, 5.74) is 5.87. The van der Waals surface area contributed by atoms with E-state index < -0.39 is 5.26 Å². The van der Waals surface area contributed by atoms with Gasteiger partial charge in [-0.2, -0.15) is 9.37 Å². The highest BCUT2D eigenvalue weighted by molar-refractivity contribution is 7.15. The Labute approximate surface area is 122 Å². The van der Waals surface area contributed by atoms with E-state index in [9.17, 15) is 4.39 Å². The quantitative estimate of drug-likeness (QED) is 0.793. The maximum absolute atomic E-state index is 12.8. The third-order valence-corrected chi connectivity index (χ3v) is 4.43. The molecule has 1 aliphatic heterocycles. The molecule has 0 bridgehead atoms. The number of unbranched alkanes of at least 4 members (excludes halogenated alkanes) is 1. The van der Waals surface area contributed by atoms with Gasteiger partial charge in [-0.25, -0.2) is 0 Å². The molecule has 0 spiro atoms. The van der Waals surface area contributed by atoms with Crippen molar-refractivity contribution < 1.29 is 4.39 Å². The fraction of sp³-hybridized carbons (Fsp3) is 0.750. The molecule has 0 aromatic carbocycles. The van der Waals surface area contributed by atoms with Crippen LogP contribution in [0.15, 0.2) is 0 Å². The molecule has 1 aliphatic rings.